The molecule has 0 aliphatic heterocycles. The monoisotopic (exact) mass is 707 g/mol. The van der Waals surface area contributed by atoms with Gasteiger partial charge in [0.25, 0.3) is 0 Å². The zero-order chi connectivity index (χ0) is 36.1. The van der Waals surface area contributed by atoms with Crippen LogP contribution in [0.5, 0.6) is 0 Å². The lowest BCUT2D eigenvalue weighted by Crippen LogP contribution is -2.45. The number of nitrogens with two attached hydrogens (primary N) is 1. The number of carbonyl (C=O) groups is 1. The molecule has 49 heavy (non-hydrogen) atoms. The van der Waals surface area contributed by atoms with Gasteiger partial charge < -0.3 is 21.1 Å². The predicted octanol–water partition coefficient (Wildman–Crippen LogP) is 10.1. The molecule has 0 aliphatic rings. The third-order valence-electron chi connectivity index (χ3n) is 7.82. The van der Waals surface area contributed by atoms with Crippen LogP contribution in [0.1, 0.15) is 142 Å². The average molecular weight is 707 g/mol. The van der Waals surface area contributed by atoms with E-state index in [0.717, 1.165) is 44.9 Å². The molecule has 282 valence electrons. The number of phosphoric acid groups is 1. The van der Waals surface area contributed by atoms with E-state index in [0.29, 0.717) is 6.42 Å². The average Bonchev–Trinajstić information content (AvgIpc) is 3.09. The molecule has 0 radical (unpaired) electrons. The van der Waals surface area contributed by atoms with Gasteiger partial charge in [-0.1, -0.05) is 164 Å². The molecule has 3 atom stereocenters. The Morgan fingerprint density at radius 2 is 1.16 bits per heavy atom. The van der Waals surface area contributed by atoms with E-state index >= 15 is 0 Å². The van der Waals surface area contributed by atoms with Crippen molar-refractivity contribution in [1.29, 1.82) is 0 Å². The van der Waals surface area contributed by atoms with E-state index in [1.54, 1.807) is 12.2 Å². The summed E-state index contributed by atoms with van der Waals surface area (Å²) in [6.45, 7) is 3.92. The maximum Gasteiger partial charge on any atom is 0.472 e. The Morgan fingerprint density at radius 3 is 1.65 bits per heavy atom. The number of unbranched alkanes of at least 4 members (excludes halogenated alkanes) is 13. The zero-order valence-electron chi connectivity index (χ0n) is 30.9. The Balaban J connectivity index is 4.49. The summed E-state index contributed by atoms with van der Waals surface area (Å²) < 4.78 is 22.0. The number of hydrogen-bond acceptors (Lipinski definition) is 6. The number of amides is 1. The normalized spacial score (nSPS) is 15.1. The predicted molar refractivity (Wildman–Crippen MR) is 207 cm³/mol. The Bertz CT molecular complexity index is 991. The molecule has 0 heterocycles. The molecule has 0 fully saturated rings. The lowest BCUT2D eigenvalue weighted by molar-refractivity contribution is -0.122. The molecule has 8 nitrogen and oxygen atoms in total. The van der Waals surface area contributed by atoms with Crippen molar-refractivity contribution in [2.45, 2.75) is 154 Å². The molecule has 0 aliphatic carbocycles. The molecule has 5 N–H and O–H groups in total. The van der Waals surface area contributed by atoms with Gasteiger partial charge >= 0.3 is 7.82 Å². The molecule has 0 aromatic carbocycles. The summed E-state index contributed by atoms with van der Waals surface area (Å²) in [5.74, 6) is -0.324. The van der Waals surface area contributed by atoms with E-state index in [1.165, 1.54) is 70.6 Å². The van der Waals surface area contributed by atoms with Gasteiger partial charge in [0.05, 0.1) is 25.4 Å². The van der Waals surface area contributed by atoms with Crippen molar-refractivity contribution in [2.75, 3.05) is 19.8 Å². The molecule has 0 rings (SSSR count). The summed E-state index contributed by atoms with van der Waals surface area (Å²) in [5, 5.41) is 13.5. The third-order valence-corrected chi connectivity index (χ3v) is 8.80. The van der Waals surface area contributed by atoms with Gasteiger partial charge in [-0.25, -0.2) is 4.57 Å². The van der Waals surface area contributed by atoms with Crippen molar-refractivity contribution in [1.82, 2.24) is 5.32 Å². The zero-order valence-corrected chi connectivity index (χ0v) is 31.8. The fourth-order valence-electron chi connectivity index (χ4n) is 4.96. The number of rotatable bonds is 34. The smallest absolute Gasteiger partial charge is 0.387 e. The minimum absolute atomic E-state index is 0.0614. The van der Waals surface area contributed by atoms with Crippen LogP contribution in [-0.2, 0) is 18.4 Å². The van der Waals surface area contributed by atoms with Gasteiger partial charge in [-0.15, -0.1) is 0 Å². The topological polar surface area (TPSA) is 131 Å². The number of aliphatic hydroxyl groups is 1. The number of hydrogen-bond donors (Lipinski definition) is 4. The molecule has 0 saturated carbocycles. The Labute approximate surface area is 299 Å². The first-order chi connectivity index (χ1) is 23.9. The standard InChI is InChI=1S/C40H71N2O6P/c1-3-5-7-9-11-13-15-17-19-21-23-25-27-29-31-33-39(43)38(37-48-49(45,46)47-36-35-41)42-40(44)34-32-30-28-26-24-22-20-18-16-14-12-10-8-6-4-2/h6,8,12,14,18,20,24,26,30-33,38-39,43H,3-5,7,9-11,13,15-17,19,21-23,25,27-29,34-37,41H2,1-2H3,(H,42,44)(H,45,46)/b8-6-,14-12-,20-18-,26-24-,32-30-,33-31+. The van der Waals surface area contributed by atoms with Crippen LogP contribution < -0.4 is 11.1 Å². The second-order valence-corrected chi connectivity index (χ2v) is 13.9. The summed E-state index contributed by atoms with van der Waals surface area (Å²) in [4.78, 5) is 22.5. The van der Waals surface area contributed by atoms with E-state index in [-0.39, 0.29) is 32.1 Å². The fourth-order valence-corrected chi connectivity index (χ4v) is 5.72. The Morgan fingerprint density at radius 1 is 0.694 bits per heavy atom. The molecule has 0 aromatic heterocycles. The van der Waals surface area contributed by atoms with Gasteiger partial charge in [-0.3, -0.25) is 13.8 Å². The van der Waals surface area contributed by atoms with Gasteiger partial charge in [0, 0.05) is 13.0 Å². The van der Waals surface area contributed by atoms with Crippen molar-refractivity contribution in [3.63, 3.8) is 0 Å². The summed E-state index contributed by atoms with van der Waals surface area (Å²) in [5.41, 5.74) is 5.35. The van der Waals surface area contributed by atoms with Gasteiger partial charge in [-0.2, -0.15) is 0 Å². The van der Waals surface area contributed by atoms with Crippen molar-refractivity contribution in [3.8, 4) is 0 Å². The van der Waals surface area contributed by atoms with E-state index in [4.69, 9.17) is 14.8 Å². The van der Waals surface area contributed by atoms with Crippen LogP contribution in [-0.4, -0.2) is 47.8 Å². The molecule has 0 spiro atoms. The van der Waals surface area contributed by atoms with Crippen LogP contribution >= 0.6 is 7.82 Å². The summed E-state index contributed by atoms with van der Waals surface area (Å²) in [6, 6.07) is -0.917. The van der Waals surface area contributed by atoms with Crippen LogP contribution in [0, 0.1) is 0 Å². The lowest BCUT2D eigenvalue weighted by atomic mass is 10.0. The van der Waals surface area contributed by atoms with Crippen molar-refractivity contribution >= 4 is 13.7 Å². The first-order valence-electron chi connectivity index (χ1n) is 19.1. The minimum Gasteiger partial charge on any atom is -0.387 e. The quantitative estimate of drug-likeness (QED) is 0.0298. The first-order valence-corrected chi connectivity index (χ1v) is 20.6. The molecule has 3 unspecified atom stereocenters. The van der Waals surface area contributed by atoms with E-state index in [2.05, 4.69) is 61.7 Å². The molecular weight excluding hydrogens is 635 g/mol. The van der Waals surface area contributed by atoms with E-state index in [1.807, 2.05) is 18.2 Å². The highest BCUT2D eigenvalue weighted by atomic mass is 31.2. The van der Waals surface area contributed by atoms with E-state index < -0.39 is 20.0 Å². The lowest BCUT2D eigenvalue weighted by Gasteiger charge is -2.23. The van der Waals surface area contributed by atoms with Crippen LogP contribution in [0.25, 0.3) is 0 Å². The number of nitrogens with one attached hydrogen (secondary N) is 1. The SMILES string of the molecule is CC/C=C\C/C=C\C/C=C\C/C=C\C/C=C\CC(=O)NC(COP(=O)(O)OCCN)C(O)/C=C/CCCCCCCCCCCCCCC. The minimum atomic E-state index is -4.36. The van der Waals surface area contributed by atoms with Gasteiger partial charge in [-0.05, 0) is 44.9 Å². The van der Waals surface area contributed by atoms with Gasteiger partial charge in [0.15, 0.2) is 0 Å². The Hall–Kier alpha value is -2.06. The first kappa shape index (κ1) is 46.9. The number of aliphatic hydroxyl groups excluding tert-OH is 1. The number of carbonyl (C=O) groups excluding carboxylic acids is 1. The van der Waals surface area contributed by atoms with Crippen LogP contribution in [0.15, 0.2) is 72.9 Å². The number of phosphoric ester groups is 1. The Kier molecular flexibility index (Phi) is 34.3. The molecule has 9 heteroatoms. The molecule has 0 bridgehead atoms. The molecule has 1 amide bonds. The van der Waals surface area contributed by atoms with Crippen molar-refractivity contribution in [3.05, 3.63) is 72.9 Å². The highest BCUT2D eigenvalue weighted by molar-refractivity contribution is 7.47. The highest BCUT2D eigenvalue weighted by Gasteiger charge is 2.26. The van der Waals surface area contributed by atoms with Crippen LogP contribution in [0.3, 0.4) is 0 Å². The van der Waals surface area contributed by atoms with Gasteiger partial charge in [0.2, 0.25) is 5.91 Å². The van der Waals surface area contributed by atoms with Crippen molar-refractivity contribution in [2.24, 2.45) is 5.73 Å². The third kappa shape index (κ3) is 34.2. The second-order valence-electron chi connectivity index (χ2n) is 12.4. The fraction of sp³-hybridized carbons (Fsp3) is 0.675. The van der Waals surface area contributed by atoms with Crippen molar-refractivity contribution < 1.29 is 28.4 Å². The summed E-state index contributed by atoms with van der Waals surface area (Å²) in [6.07, 6.45) is 45.4. The second kappa shape index (κ2) is 35.8. The molecule has 0 saturated heterocycles. The summed E-state index contributed by atoms with van der Waals surface area (Å²) >= 11 is 0. The van der Waals surface area contributed by atoms with E-state index in [9.17, 15) is 19.4 Å². The summed E-state index contributed by atoms with van der Waals surface area (Å²) in [7, 11) is -4.36. The largest absolute Gasteiger partial charge is 0.472 e. The molecule has 0 aromatic rings. The highest BCUT2D eigenvalue weighted by Crippen LogP contribution is 2.43. The number of allylic oxidation sites excluding steroid dienone is 10. The van der Waals surface area contributed by atoms with Crippen LogP contribution in [0.4, 0.5) is 0 Å². The molecular formula is C40H71N2O6P. The maximum absolute atomic E-state index is 12.6. The maximum atomic E-state index is 12.6. The van der Waals surface area contributed by atoms with Gasteiger partial charge in [0.1, 0.15) is 0 Å². The van der Waals surface area contributed by atoms with Crippen LogP contribution in [0.2, 0.25) is 0 Å².